The molecule has 0 unspecified atom stereocenters. The summed E-state index contributed by atoms with van der Waals surface area (Å²) in [5.41, 5.74) is 6.86. The number of thiazole rings is 1. The van der Waals surface area contributed by atoms with Gasteiger partial charge < -0.3 is 15.2 Å². The summed E-state index contributed by atoms with van der Waals surface area (Å²) in [7, 11) is 0. The van der Waals surface area contributed by atoms with E-state index in [1.165, 1.54) is 0 Å². The van der Waals surface area contributed by atoms with Crippen LogP contribution in [0, 0.1) is 0 Å². The number of ether oxygens (including phenoxy) is 2. The molecule has 1 aromatic heterocycles. The van der Waals surface area contributed by atoms with Crippen LogP contribution in [0.1, 0.15) is 42.3 Å². The molecule has 2 aromatic rings. The Morgan fingerprint density at radius 1 is 1.19 bits per heavy atom. The van der Waals surface area contributed by atoms with Crippen LogP contribution in [0.2, 0.25) is 0 Å². The van der Waals surface area contributed by atoms with E-state index in [0.717, 1.165) is 27.1 Å². The maximum atomic E-state index is 5.85. The number of nitrogens with zero attached hydrogens (tertiary/aromatic N) is 1. The molecule has 0 aliphatic rings. The topological polar surface area (TPSA) is 57.4 Å². The van der Waals surface area contributed by atoms with E-state index < -0.39 is 0 Å². The SMILES string of the molecule is CCOc1ccccc1OCc1nc(C(C)C)c(CN)s1. The molecule has 0 atom stereocenters. The van der Waals surface area contributed by atoms with Crippen LogP contribution in [0.25, 0.3) is 0 Å². The van der Waals surface area contributed by atoms with Gasteiger partial charge in [-0.2, -0.15) is 0 Å². The molecule has 1 aromatic carbocycles. The summed E-state index contributed by atoms with van der Waals surface area (Å²) in [5, 5.41) is 0.949. The number of nitrogens with two attached hydrogens (primary N) is 1. The molecular weight excluding hydrogens is 284 g/mol. The summed E-state index contributed by atoms with van der Waals surface area (Å²) in [5.74, 6) is 1.89. The fourth-order valence-electron chi connectivity index (χ4n) is 2.06. The van der Waals surface area contributed by atoms with E-state index in [1.807, 2.05) is 31.2 Å². The van der Waals surface area contributed by atoms with Crippen LogP contribution in [-0.4, -0.2) is 11.6 Å². The van der Waals surface area contributed by atoms with E-state index in [9.17, 15) is 0 Å². The summed E-state index contributed by atoms with van der Waals surface area (Å²) < 4.78 is 11.4. The lowest BCUT2D eigenvalue weighted by Gasteiger charge is -2.10. The van der Waals surface area contributed by atoms with Crippen LogP contribution in [0.15, 0.2) is 24.3 Å². The highest BCUT2D eigenvalue weighted by molar-refractivity contribution is 7.11. The number of aromatic nitrogens is 1. The molecule has 0 aliphatic heterocycles. The summed E-state index contributed by atoms with van der Waals surface area (Å²) in [6, 6.07) is 7.69. The van der Waals surface area contributed by atoms with Gasteiger partial charge in [0, 0.05) is 11.4 Å². The van der Waals surface area contributed by atoms with Gasteiger partial charge in [-0.3, -0.25) is 0 Å². The summed E-state index contributed by atoms with van der Waals surface area (Å²) >= 11 is 1.62. The van der Waals surface area contributed by atoms with Gasteiger partial charge >= 0.3 is 0 Å². The van der Waals surface area contributed by atoms with Crippen molar-refractivity contribution in [2.45, 2.75) is 39.8 Å². The first-order valence-electron chi connectivity index (χ1n) is 7.18. The standard InChI is InChI=1S/C16H22N2O2S/c1-4-19-12-7-5-6-8-13(12)20-10-15-18-16(11(2)3)14(9-17)21-15/h5-8,11H,4,9-10,17H2,1-3H3. The molecule has 0 aliphatic carbocycles. The van der Waals surface area contributed by atoms with E-state index in [4.69, 9.17) is 15.2 Å². The van der Waals surface area contributed by atoms with Gasteiger partial charge in [0.1, 0.15) is 11.6 Å². The fourth-order valence-corrected chi connectivity index (χ4v) is 3.07. The molecule has 1 heterocycles. The molecule has 0 fully saturated rings. The highest BCUT2D eigenvalue weighted by Gasteiger charge is 2.14. The predicted molar refractivity (Wildman–Crippen MR) is 86.0 cm³/mol. The Labute approximate surface area is 129 Å². The Morgan fingerprint density at radius 2 is 1.86 bits per heavy atom. The largest absolute Gasteiger partial charge is 0.490 e. The van der Waals surface area contributed by atoms with Gasteiger partial charge in [-0.25, -0.2) is 4.98 Å². The molecule has 2 rings (SSSR count). The van der Waals surface area contributed by atoms with Crippen molar-refractivity contribution in [2.75, 3.05) is 6.61 Å². The van der Waals surface area contributed by atoms with E-state index in [-0.39, 0.29) is 0 Å². The lowest BCUT2D eigenvalue weighted by Crippen LogP contribution is -2.00. The van der Waals surface area contributed by atoms with Crippen molar-refractivity contribution in [2.24, 2.45) is 5.73 Å². The quantitative estimate of drug-likeness (QED) is 0.847. The Kier molecular flexibility index (Phi) is 5.59. The van der Waals surface area contributed by atoms with Crippen molar-refractivity contribution in [3.05, 3.63) is 39.8 Å². The van der Waals surface area contributed by atoms with Gasteiger partial charge in [0.25, 0.3) is 0 Å². The predicted octanol–water partition coefficient (Wildman–Crippen LogP) is 3.70. The van der Waals surface area contributed by atoms with Crippen LogP contribution in [0.4, 0.5) is 0 Å². The molecule has 21 heavy (non-hydrogen) atoms. The van der Waals surface area contributed by atoms with Gasteiger partial charge in [-0.05, 0) is 25.0 Å². The molecule has 5 heteroatoms. The van der Waals surface area contributed by atoms with Crippen LogP contribution >= 0.6 is 11.3 Å². The summed E-state index contributed by atoms with van der Waals surface area (Å²) in [6.45, 7) is 7.80. The average molecular weight is 306 g/mol. The Morgan fingerprint density at radius 3 is 2.38 bits per heavy atom. The lowest BCUT2D eigenvalue weighted by molar-refractivity contribution is 0.269. The third-order valence-electron chi connectivity index (χ3n) is 3.00. The van der Waals surface area contributed by atoms with E-state index in [0.29, 0.717) is 25.7 Å². The van der Waals surface area contributed by atoms with E-state index >= 15 is 0 Å². The van der Waals surface area contributed by atoms with E-state index in [2.05, 4.69) is 18.8 Å². The number of para-hydroxylation sites is 2. The number of hydrogen-bond acceptors (Lipinski definition) is 5. The van der Waals surface area contributed by atoms with Gasteiger partial charge in [0.15, 0.2) is 11.5 Å². The van der Waals surface area contributed by atoms with Gasteiger partial charge in [-0.15, -0.1) is 11.3 Å². The van der Waals surface area contributed by atoms with Gasteiger partial charge in [0.2, 0.25) is 0 Å². The zero-order valence-electron chi connectivity index (χ0n) is 12.8. The minimum absolute atomic E-state index is 0.379. The maximum Gasteiger partial charge on any atom is 0.161 e. The fraction of sp³-hybridized carbons (Fsp3) is 0.438. The zero-order valence-corrected chi connectivity index (χ0v) is 13.6. The molecule has 0 bridgehead atoms. The van der Waals surface area contributed by atoms with Crippen molar-refractivity contribution in [3.8, 4) is 11.5 Å². The van der Waals surface area contributed by atoms with Crippen molar-refractivity contribution in [1.82, 2.24) is 4.98 Å². The smallest absolute Gasteiger partial charge is 0.161 e. The summed E-state index contributed by atoms with van der Waals surface area (Å²) in [4.78, 5) is 5.78. The van der Waals surface area contributed by atoms with Crippen molar-refractivity contribution >= 4 is 11.3 Å². The molecule has 114 valence electrons. The average Bonchev–Trinajstić information content (AvgIpc) is 2.90. The monoisotopic (exact) mass is 306 g/mol. The minimum atomic E-state index is 0.379. The second kappa shape index (κ2) is 7.43. The summed E-state index contributed by atoms with van der Waals surface area (Å²) in [6.07, 6.45) is 0. The lowest BCUT2D eigenvalue weighted by atomic mass is 10.1. The Hall–Kier alpha value is -1.59. The Balaban J connectivity index is 2.10. The third-order valence-corrected chi connectivity index (χ3v) is 4.07. The highest BCUT2D eigenvalue weighted by Crippen LogP contribution is 2.29. The van der Waals surface area contributed by atoms with Crippen molar-refractivity contribution in [3.63, 3.8) is 0 Å². The molecule has 2 N–H and O–H groups in total. The molecule has 0 spiro atoms. The zero-order chi connectivity index (χ0) is 15.2. The van der Waals surface area contributed by atoms with Crippen LogP contribution in [0.3, 0.4) is 0 Å². The third kappa shape index (κ3) is 3.95. The number of rotatable bonds is 7. The number of benzene rings is 1. The van der Waals surface area contributed by atoms with Gasteiger partial charge in [0.05, 0.1) is 12.3 Å². The molecule has 4 nitrogen and oxygen atoms in total. The number of hydrogen-bond donors (Lipinski definition) is 1. The van der Waals surface area contributed by atoms with Crippen molar-refractivity contribution < 1.29 is 9.47 Å². The van der Waals surface area contributed by atoms with Gasteiger partial charge in [-0.1, -0.05) is 26.0 Å². The minimum Gasteiger partial charge on any atom is -0.490 e. The molecule has 0 amide bonds. The van der Waals surface area contributed by atoms with Crippen LogP contribution in [-0.2, 0) is 13.2 Å². The van der Waals surface area contributed by atoms with Crippen LogP contribution < -0.4 is 15.2 Å². The molecule has 0 saturated heterocycles. The molecule has 0 saturated carbocycles. The first kappa shape index (κ1) is 15.8. The second-order valence-corrected chi connectivity index (χ2v) is 6.11. The van der Waals surface area contributed by atoms with Crippen molar-refractivity contribution in [1.29, 1.82) is 0 Å². The van der Waals surface area contributed by atoms with E-state index in [1.54, 1.807) is 11.3 Å². The first-order chi connectivity index (χ1) is 10.2. The normalized spacial score (nSPS) is 10.9. The maximum absolute atomic E-state index is 5.85. The molecular formula is C16H22N2O2S. The first-order valence-corrected chi connectivity index (χ1v) is 8.00. The second-order valence-electron chi connectivity index (χ2n) is 4.94. The Bertz CT molecular complexity index is 581. The van der Waals surface area contributed by atoms with Crippen LogP contribution in [0.5, 0.6) is 11.5 Å². The highest BCUT2D eigenvalue weighted by atomic mass is 32.1. The molecule has 0 radical (unpaired) electrons.